The summed E-state index contributed by atoms with van der Waals surface area (Å²) in [6.45, 7) is 0. The van der Waals surface area contributed by atoms with Crippen molar-refractivity contribution in [2.24, 2.45) is 0 Å². The quantitative estimate of drug-likeness (QED) is 0.682. The topological polar surface area (TPSA) is 35.3 Å². The lowest BCUT2D eigenvalue weighted by Gasteiger charge is -1.86. The van der Waals surface area contributed by atoms with Gasteiger partial charge < -0.3 is 9.15 Å². The van der Waals surface area contributed by atoms with E-state index in [2.05, 4.69) is 4.98 Å². The van der Waals surface area contributed by atoms with Crippen LogP contribution >= 0.6 is 11.6 Å². The summed E-state index contributed by atoms with van der Waals surface area (Å²) in [5, 5.41) is 0.626. The molecule has 0 spiro atoms. The molecule has 12 heavy (non-hydrogen) atoms. The molecule has 62 valence electrons. The molecule has 0 aliphatic rings. The van der Waals surface area contributed by atoms with Gasteiger partial charge in [-0.05, 0) is 12.1 Å². The number of oxazole rings is 1. The molecule has 0 aliphatic heterocycles. The highest BCUT2D eigenvalue weighted by Gasteiger charge is 2.04. The summed E-state index contributed by atoms with van der Waals surface area (Å²) in [4.78, 5) is 4.02. The summed E-state index contributed by atoms with van der Waals surface area (Å²) >= 11 is 5.74. The van der Waals surface area contributed by atoms with Gasteiger partial charge in [-0.3, -0.25) is 0 Å². The fourth-order valence-electron chi connectivity index (χ4n) is 0.965. The van der Waals surface area contributed by atoms with E-state index in [1.165, 1.54) is 7.11 Å². The Hall–Kier alpha value is -1.22. The average Bonchev–Trinajstić information content (AvgIpc) is 2.46. The van der Waals surface area contributed by atoms with Gasteiger partial charge in [0, 0.05) is 11.1 Å². The average molecular weight is 184 g/mol. The van der Waals surface area contributed by atoms with Crippen molar-refractivity contribution < 1.29 is 9.15 Å². The van der Waals surface area contributed by atoms with E-state index in [1.807, 2.05) is 0 Å². The van der Waals surface area contributed by atoms with E-state index < -0.39 is 0 Å². The van der Waals surface area contributed by atoms with Crippen LogP contribution in [0.4, 0.5) is 0 Å². The highest BCUT2D eigenvalue weighted by atomic mass is 35.5. The Bertz CT molecular complexity index is 410. The predicted octanol–water partition coefficient (Wildman–Crippen LogP) is 2.49. The molecule has 0 saturated heterocycles. The zero-order valence-corrected chi connectivity index (χ0v) is 7.13. The molecule has 2 aromatic rings. The Morgan fingerprint density at radius 3 is 3.08 bits per heavy atom. The normalized spacial score (nSPS) is 10.5. The van der Waals surface area contributed by atoms with Crippen LogP contribution in [0.25, 0.3) is 11.1 Å². The summed E-state index contributed by atoms with van der Waals surface area (Å²) in [7, 11) is 1.51. The molecule has 1 heterocycles. The van der Waals surface area contributed by atoms with Crippen LogP contribution in [0.5, 0.6) is 6.08 Å². The number of halogens is 1. The smallest absolute Gasteiger partial charge is 0.394 e. The minimum absolute atomic E-state index is 0.257. The van der Waals surface area contributed by atoms with Crippen LogP contribution in [0.3, 0.4) is 0 Å². The maximum atomic E-state index is 5.74. The molecule has 0 fully saturated rings. The van der Waals surface area contributed by atoms with Crippen LogP contribution in [-0.4, -0.2) is 12.1 Å². The second kappa shape index (κ2) is 2.68. The molecule has 4 heteroatoms. The number of methoxy groups -OCH3 is 1. The van der Waals surface area contributed by atoms with Gasteiger partial charge in [-0.2, -0.15) is 4.98 Å². The van der Waals surface area contributed by atoms with E-state index in [0.717, 1.165) is 5.52 Å². The van der Waals surface area contributed by atoms with Crippen molar-refractivity contribution in [3.05, 3.63) is 23.2 Å². The summed E-state index contributed by atoms with van der Waals surface area (Å²) in [6, 6.07) is 5.24. The summed E-state index contributed by atoms with van der Waals surface area (Å²) in [6.07, 6.45) is 0.257. The Labute approximate surface area is 73.9 Å². The molecule has 3 nitrogen and oxygen atoms in total. The molecule has 0 aliphatic carbocycles. The molecule has 1 aromatic heterocycles. The number of hydrogen-bond acceptors (Lipinski definition) is 3. The minimum Gasteiger partial charge on any atom is -0.453 e. The maximum Gasteiger partial charge on any atom is 0.394 e. The van der Waals surface area contributed by atoms with Crippen LogP contribution in [0.1, 0.15) is 0 Å². The first-order valence-corrected chi connectivity index (χ1v) is 3.77. The van der Waals surface area contributed by atoms with E-state index in [1.54, 1.807) is 18.2 Å². The van der Waals surface area contributed by atoms with Crippen LogP contribution in [-0.2, 0) is 0 Å². The number of fused-ring (bicyclic) bond motifs is 1. The molecule has 0 unspecified atom stereocenters. The van der Waals surface area contributed by atoms with Gasteiger partial charge in [0.05, 0.1) is 7.11 Å². The number of rotatable bonds is 1. The van der Waals surface area contributed by atoms with Crippen molar-refractivity contribution in [3.8, 4) is 6.08 Å². The maximum absolute atomic E-state index is 5.74. The zero-order chi connectivity index (χ0) is 8.55. The van der Waals surface area contributed by atoms with Crippen LogP contribution < -0.4 is 4.74 Å². The third-order valence-electron chi connectivity index (χ3n) is 1.51. The Kier molecular flexibility index (Phi) is 1.66. The first-order valence-electron chi connectivity index (χ1n) is 3.39. The lowest BCUT2D eigenvalue weighted by Crippen LogP contribution is -1.79. The predicted molar refractivity (Wildman–Crippen MR) is 45.6 cm³/mol. The molecule has 0 N–H and O–H groups in total. The molecular formula is C8H6ClNO2. The van der Waals surface area contributed by atoms with Crippen molar-refractivity contribution in [3.63, 3.8) is 0 Å². The first-order chi connectivity index (χ1) is 5.79. The van der Waals surface area contributed by atoms with E-state index in [0.29, 0.717) is 10.6 Å². The Morgan fingerprint density at radius 1 is 1.50 bits per heavy atom. The Morgan fingerprint density at radius 2 is 2.33 bits per heavy atom. The van der Waals surface area contributed by atoms with Gasteiger partial charge in [0.15, 0.2) is 5.58 Å². The molecular weight excluding hydrogens is 178 g/mol. The highest BCUT2D eigenvalue weighted by Crippen LogP contribution is 2.22. The van der Waals surface area contributed by atoms with Crippen molar-refractivity contribution in [1.82, 2.24) is 4.98 Å². The van der Waals surface area contributed by atoms with Crippen LogP contribution in [0.15, 0.2) is 22.6 Å². The van der Waals surface area contributed by atoms with Gasteiger partial charge in [0.1, 0.15) is 5.52 Å². The number of ether oxygens (including phenoxy) is 1. The summed E-state index contributed by atoms with van der Waals surface area (Å²) in [5.74, 6) is 0. The Balaban J connectivity index is 2.67. The summed E-state index contributed by atoms with van der Waals surface area (Å²) < 4.78 is 10.00. The summed E-state index contributed by atoms with van der Waals surface area (Å²) in [5.41, 5.74) is 1.38. The lowest BCUT2D eigenvalue weighted by atomic mass is 10.3. The fourth-order valence-corrected chi connectivity index (χ4v) is 1.13. The zero-order valence-electron chi connectivity index (χ0n) is 6.37. The van der Waals surface area contributed by atoms with Gasteiger partial charge in [-0.15, -0.1) is 0 Å². The molecule has 0 saturated carbocycles. The van der Waals surface area contributed by atoms with Crippen LogP contribution in [0.2, 0.25) is 5.02 Å². The van der Waals surface area contributed by atoms with Crippen molar-refractivity contribution in [1.29, 1.82) is 0 Å². The third-order valence-corrected chi connectivity index (χ3v) is 1.74. The molecule has 0 atom stereocenters. The standard InChI is InChI=1S/C8H6ClNO2/c1-11-8-10-6-3-2-5(9)4-7(6)12-8/h2-4H,1H3. The van der Waals surface area contributed by atoms with E-state index >= 15 is 0 Å². The first kappa shape index (κ1) is 7.43. The molecule has 2 rings (SSSR count). The van der Waals surface area contributed by atoms with E-state index in [9.17, 15) is 0 Å². The lowest BCUT2D eigenvalue weighted by molar-refractivity contribution is 0.299. The van der Waals surface area contributed by atoms with E-state index in [-0.39, 0.29) is 6.08 Å². The molecule has 0 radical (unpaired) electrons. The number of aromatic nitrogens is 1. The van der Waals surface area contributed by atoms with Crippen LogP contribution in [0, 0.1) is 0 Å². The third kappa shape index (κ3) is 1.12. The fraction of sp³-hybridized carbons (Fsp3) is 0.125. The van der Waals surface area contributed by atoms with Gasteiger partial charge in [0.2, 0.25) is 0 Å². The second-order valence-electron chi connectivity index (χ2n) is 2.30. The largest absolute Gasteiger partial charge is 0.453 e. The number of hydrogen-bond donors (Lipinski definition) is 0. The highest BCUT2D eigenvalue weighted by molar-refractivity contribution is 6.31. The molecule has 0 bridgehead atoms. The van der Waals surface area contributed by atoms with Gasteiger partial charge in [-0.1, -0.05) is 11.6 Å². The number of nitrogens with zero attached hydrogens (tertiary/aromatic N) is 1. The minimum atomic E-state index is 0.257. The van der Waals surface area contributed by atoms with Crippen molar-refractivity contribution in [2.45, 2.75) is 0 Å². The van der Waals surface area contributed by atoms with Crippen molar-refractivity contribution >= 4 is 22.7 Å². The van der Waals surface area contributed by atoms with Gasteiger partial charge in [-0.25, -0.2) is 0 Å². The number of benzene rings is 1. The molecule has 1 aromatic carbocycles. The SMILES string of the molecule is COc1nc2ccc(Cl)cc2o1. The second-order valence-corrected chi connectivity index (χ2v) is 2.73. The monoisotopic (exact) mass is 183 g/mol. The van der Waals surface area contributed by atoms with Crippen molar-refractivity contribution in [2.75, 3.05) is 7.11 Å². The van der Waals surface area contributed by atoms with E-state index in [4.69, 9.17) is 20.8 Å². The molecule has 0 amide bonds. The van der Waals surface area contributed by atoms with Gasteiger partial charge >= 0.3 is 6.08 Å². The van der Waals surface area contributed by atoms with Gasteiger partial charge in [0.25, 0.3) is 0 Å².